The predicted octanol–water partition coefficient (Wildman–Crippen LogP) is 3.38. The van der Waals surface area contributed by atoms with Crippen molar-refractivity contribution in [3.63, 3.8) is 0 Å². The fourth-order valence-electron chi connectivity index (χ4n) is 2.49. The molecule has 9 heteroatoms. The van der Waals surface area contributed by atoms with E-state index in [0.717, 1.165) is 4.47 Å². The van der Waals surface area contributed by atoms with Crippen LogP contribution in [0.15, 0.2) is 51.8 Å². The van der Waals surface area contributed by atoms with Crippen LogP contribution in [0.4, 0.5) is 5.69 Å². The Kier molecular flexibility index (Phi) is 5.99. The molecule has 2 aromatic rings. The maximum Gasteiger partial charge on any atom is 0.255 e. The van der Waals surface area contributed by atoms with Gasteiger partial charge in [0.15, 0.2) is 0 Å². The van der Waals surface area contributed by atoms with Crippen LogP contribution < -0.4 is 5.32 Å². The summed E-state index contributed by atoms with van der Waals surface area (Å²) in [6.45, 7) is 1.43. The second-order valence-electron chi connectivity index (χ2n) is 5.62. The lowest BCUT2D eigenvalue weighted by Crippen LogP contribution is -2.40. The van der Waals surface area contributed by atoms with Gasteiger partial charge in [-0.3, -0.25) is 4.79 Å². The minimum absolute atomic E-state index is 0.155. The second-order valence-corrected chi connectivity index (χ2v) is 8.82. The molecular formula is C17H16BrClN2O4S. The topological polar surface area (TPSA) is 75.7 Å². The summed E-state index contributed by atoms with van der Waals surface area (Å²) in [6.07, 6.45) is 0. The zero-order chi connectivity index (χ0) is 18.7. The molecule has 1 saturated heterocycles. The van der Waals surface area contributed by atoms with Gasteiger partial charge in [0, 0.05) is 28.8 Å². The van der Waals surface area contributed by atoms with Gasteiger partial charge in [-0.15, -0.1) is 0 Å². The monoisotopic (exact) mass is 458 g/mol. The Morgan fingerprint density at radius 3 is 2.38 bits per heavy atom. The molecule has 6 nitrogen and oxygen atoms in total. The lowest BCUT2D eigenvalue weighted by Gasteiger charge is -2.26. The van der Waals surface area contributed by atoms with Crippen molar-refractivity contribution < 1.29 is 17.9 Å². The smallest absolute Gasteiger partial charge is 0.255 e. The van der Waals surface area contributed by atoms with E-state index in [0.29, 0.717) is 42.6 Å². The van der Waals surface area contributed by atoms with E-state index in [1.54, 1.807) is 18.2 Å². The van der Waals surface area contributed by atoms with Crippen molar-refractivity contribution in [3.05, 3.63) is 57.5 Å². The molecule has 1 aliphatic rings. The number of rotatable bonds is 4. The third kappa shape index (κ3) is 4.27. The highest BCUT2D eigenvalue weighted by Gasteiger charge is 2.26. The van der Waals surface area contributed by atoms with Crippen molar-refractivity contribution in [3.8, 4) is 0 Å². The van der Waals surface area contributed by atoms with Gasteiger partial charge >= 0.3 is 0 Å². The number of ether oxygens (including phenoxy) is 1. The van der Waals surface area contributed by atoms with E-state index in [2.05, 4.69) is 21.2 Å². The molecule has 0 unspecified atom stereocenters. The van der Waals surface area contributed by atoms with Crippen LogP contribution in [0.1, 0.15) is 10.4 Å². The molecule has 0 radical (unpaired) electrons. The number of carbonyl (C=O) groups excluding carboxylic acids is 1. The van der Waals surface area contributed by atoms with E-state index in [1.165, 1.54) is 28.6 Å². The minimum atomic E-state index is -3.57. The Labute approximate surface area is 165 Å². The molecule has 26 heavy (non-hydrogen) atoms. The van der Waals surface area contributed by atoms with Gasteiger partial charge in [0.25, 0.3) is 5.91 Å². The molecule has 0 bridgehead atoms. The Morgan fingerprint density at radius 2 is 1.77 bits per heavy atom. The first kappa shape index (κ1) is 19.3. The molecule has 138 valence electrons. The molecule has 0 saturated carbocycles. The quantitative estimate of drug-likeness (QED) is 0.760. The lowest BCUT2D eigenvalue weighted by atomic mass is 10.2. The zero-order valence-corrected chi connectivity index (χ0v) is 16.8. The van der Waals surface area contributed by atoms with Crippen molar-refractivity contribution in [2.24, 2.45) is 0 Å². The zero-order valence-electron chi connectivity index (χ0n) is 13.6. The van der Waals surface area contributed by atoms with Crippen LogP contribution >= 0.6 is 27.5 Å². The summed E-state index contributed by atoms with van der Waals surface area (Å²) in [7, 11) is -3.57. The normalized spacial score (nSPS) is 15.6. The molecule has 1 aliphatic heterocycles. The molecule has 3 rings (SSSR count). The number of anilines is 1. The van der Waals surface area contributed by atoms with Crippen LogP contribution in [0.5, 0.6) is 0 Å². The first-order valence-electron chi connectivity index (χ1n) is 7.82. The van der Waals surface area contributed by atoms with Crippen molar-refractivity contribution in [1.82, 2.24) is 4.31 Å². The Morgan fingerprint density at radius 1 is 1.12 bits per heavy atom. The van der Waals surface area contributed by atoms with Crippen LogP contribution in [0.2, 0.25) is 5.02 Å². The molecule has 1 heterocycles. The fraction of sp³-hybridized carbons (Fsp3) is 0.235. The summed E-state index contributed by atoms with van der Waals surface area (Å²) in [4.78, 5) is 12.5. The molecule has 1 N–H and O–H groups in total. The van der Waals surface area contributed by atoms with Crippen LogP contribution in [-0.4, -0.2) is 44.9 Å². The number of halogens is 2. The number of benzene rings is 2. The number of nitrogens with one attached hydrogen (secondary N) is 1. The largest absolute Gasteiger partial charge is 0.379 e. The summed E-state index contributed by atoms with van der Waals surface area (Å²) in [5.74, 6) is -0.348. The fourth-order valence-corrected chi connectivity index (χ4v) is 4.33. The van der Waals surface area contributed by atoms with E-state index in [1.807, 2.05) is 0 Å². The van der Waals surface area contributed by atoms with Crippen molar-refractivity contribution >= 4 is 49.1 Å². The highest BCUT2D eigenvalue weighted by molar-refractivity contribution is 9.10. The van der Waals surface area contributed by atoms with Gasteiger partial charge in [0.05, 0.1) is 23.1 Å². The van der Waals surface area contributed by atoms with Gasteiger partial charge in [-0.1, -0.05) is 11.6 Å². The van der Waals surface area contributed by atoms with Crippen molar-refractivity contribution in [1.29, 1.82) is 0 Å². The van der Waals surface area contributed by atoms with Crippen LogP contribution in [0, 0.1) is 0 Å². The minimum Gasteiger partial charge on any atom is -0.379 e. The Hall–Kier alpha value is -1.45. The van der Waals surface area contributed by atoms with E-state index in [4.69, 9.17) is 16.3 Å². The molecular weight excluding hydrogens is 444 g/mol. The van der Waals surface area contributed by atoms with E-state index < -0.39 is 10.0 Å². The maximum absolute atomic E-state index is 12.6. The molecule has 1 amide bonds. The van der Waals surface area contributed by atoms with Crippen molar-refractivity contribution in [2.75, 3.05) is 31.6 Å². The standard InChI is InChI=1S/C17H16BrClN2O4S/c18-15-6-3-13(11-16(15)19)20-17(22)12-1-4-14(5-2-12)26(23,24)21-7-9-25-10-8-21/h1-6,11H,7-10H2,(H,20,22). The molecule has 0 aliphatic carbocycles. The first-order chi connectivity index (χ1) is 12.4. The van der Waals surface area contributed by atoms with Crippen LogP contribution in [-0.2, 0) is 14.8 Å². The molecule has 0 aromatic heterocycles. The molecule has 0 spiro atoms. The highest BCUT2D eigenvalue weighted by Crippen LogP contribution is 2.26. The average Bonchev–Trinajstić information content (AvgIpc) is 2.65. The lowest BCUT2D eigenvalue weighted by molar-refractivity contribution is 0.0730. The third-order valence-corrected chi connectivity index (χ3v) is 7.05. The third-order valence-electron chi connectivity index (χ3n) is 3.90. The van der Waals surface area contributed by atoms with Gasteiger partial charge < -0.3 is 10.1 Å². The average molecular weight is 460 g/mol. The summed E-state index contributed by atoms with van der Waals surface area (Å²) >= 11 is 9.30. The molecule has 0 atom stereocenters. The predicted molar refractivity (Wildman–Crippen MR) is 103 cm³/mol. The number of hydrogen-bond donors (Lipinski definition) is 1. The number of morpholine rings is 1. The summed E-state index contributed by atoms with van der Waals surface area (Å²) in [5.41, 5.74) is 0.901. The molecule has 1 fully saturated rings. The first-order valence-corrected chi connectivity index (χ1v) is 10.4. The summed E-state index contributed by atoms with van der Waals surface area (Å²) in [6, 6.07) is 10.9. The number of amides is 1. The highest BCUT2D eigenvalue weighted by atomic mass is 79.9. The maximum atomic E-state index is 12.6. The summed E-state index contributed by atoms with van der Waals surface area (Å²) < 4.78 is 32.5. The van der Waals surface area contributed by atoms with Crippen LogP contribution in [0.3, 0.4) is 0 Å². The second kappa shape index (κ2) is 8.06. The molecule has 2 aromatic carbocycles. The number of sulfonamides is 1. The van der Waals surface area contributed by atoms with Gasteiger partial charge in [-0.05, 0) is 58.4 Å². The van der Waals surface area contributed by atoms with E-state index >= 15 is 0 Å². The Balaban J connectivity index is 1.74. The number of nitrogens with zero attached hydrogens (tertiary/aromatic N) is 1. The van der Waals surface area contributed by atoms with Crippen molar-refractivity contribution in [2.45, 2.75) is 4.90 Å². The van der Waals surface area contributed by atoms with Gasteiger partial charge in [-0.2, -0.15) is 4.31 Å². The number of carbonyl (C=O) groups is 1. The van der Waals surface area contributed by atoms with E-state index in [9.17, 15) is 13.2 Å². The van der Waals surface area contributed by atoms with Gasteiger partial charge in [-0.25, -0.2) is 8.42 Å². The van der Waals surface area contributed by atoms with Crippen LogP contribution in [0.25, 0.3) is 0 Å². The van der Waals surface area contributed by atoms with Gasteiger partial charge in [0.1, 0.15) is 0 Å². The Bertz CT molecular complexity index is 913. The van der Waals surface area contributed by atoms with E-state index in [-0.39, 0.29) is 10.8 Å². The number of hydrogen-bond acceptors (Lipinski definition) is 4. The SMILES string of the molecule is O=C(Nc1ccc(Br)c(Cl)c1)c1ccc(S(=O)(=O)N2CCOCC2)cc1. The summed E-state index contributed by atoms with van der Waals surface area (Å²) in [5, 5.41) is 3.21. The van der Waals surface area contributed by atoms with Gasteiger partial charge in [0.2, 0.25) is 10.0 Å².